The van der Waals surface area contributed by atoms with Gasteiger partial charge in [0, 0.05) is 42.7 Å². The third-order valence-electron chi connectivity index (χ3n) is 3.18. The third kappa shape index (κ3) is 3.94. The average molecular weight is 282 g/mol. The first-order valence-electron chi connectivity index (χ1n) is 6.57. The molecule has 0 aromatic heterocycles. The Morgan fingerprint density at radius 2 is 2.21 bits per heavy atom. The smallest absolute Gasteiger partial charge is 0.228 e. The first-order chi connectivity index (χ1) is 9.20. The van der Waals surface area contributed by atoms with Crippen LogP contribution in [0.5, 0.6) is 0 Å². The Balaban J connectivity index is 2.00. The molecule has 19 heavy (non-hydrogen) atoms. The number of halogens is 1. The monoisotopic (exact) mass is 282 g/mol. The van der Waals surface area contributed by atoms with E-state index in [1.54, 1.807) is 17.0 Å². The summed E-state index contributed by atoms with van der Waals surface area (Å²) < 4.78 is 12.9. The largest absolute Gasteiger partial charge is 0.313 e. The molecule has 1 aliphatic rings. The maximum atomic E-state index is 12.9. The van der Waals surface area contributed by atoms with Gasteiger partial charge in [-0.05, 0) is 31.2 Å². The van der Waals surface area contributed by atoms with E-state index in [4.69, 9.17) is 0 Å². The summed E-state index contributed by atoms with van der Waals surface area (Å²) in [7, 11) is 0. The molecule has 0 radical (unpaired) electrons. The molecular weight excluding hydrogens is 263 g/mol. The van der Waals surface area contributed by atoms with E-state index in [-0.39, 0.29) is 17.8 Å². The molecule has 1 heterocycles. The summed E-state index contributed by atoms with van der Waals surface area (Å²) in [6.07, 6.45) is 0.498. The number of benzene rings is 1. The summed E-state index contributed by atoms with van der Waals surface area (Å²) in [5.74, 6) is 1.90. The van der Waals surface area contributed by atoms with Crippen LogP contribution in [0.25, 0.3) is 0 Å². The Bertz CT molecular complexity index is 418. The summed E-state index contributed by atoms with van der Waals surface area (Å²) in [6, 6.07) is 6.33. The maximum Gasteiger partial charge on any atom is 0.228 e. The minimum absolute atomic E-state index is 0.0918. The van der Waals surface area contributed by atoms with Crippen LogP contribution in [-0.4, -0.2) is 36.5 Å². The van der Waals surface area contributed by atoms with Gasteiger partial charge >= 0.3 is 0 Å². The molecule has 0 bridgehead atoms. The van der Waals surface area contributed by atoms with Crippen molar-refractivity contribution >= 4 is 23.4 Å². The Hall–Kier alpha value is -1.07. The fourth-order valence-electron chi connectivity index (χ4n) is 2.20. The van der Waals surface area contributed by atoms with Crippen LogP contribution < -0.4 is 10.2 Å². The highest BCUT2D eigenvalue weighted by molar-refractivity contribution is 7.99. The van der Waals surface area contributed by atoms with Gasteiger partial charge in [-0.25, -0.2) is 4.39 Å². The number of amides is 1. The summed E-state index contributed by atoms with van der Waals surface area (Å²) in [5.41, 5.74) is 0.761. The summed E-state index contributed by atoms with van der Waals surface area (Å²) >= 11 is 1.88. The van der Waals surface area contributed by atoms with Crippen LogP contribution in [0.2, 0.25) is 0 Å². The minimum Gasteiger partial charge on any atom is -0.313 e. The van der Waals surface area contributed by atoms with Crippen LogP contribution in [0.4, 0.5) is 10.1 Å². The lowest BCUT2D eigenvalue weighted by Gasteiger charge is -2.26. The van der Waals surface area contributed by atoms with Gasteiger partial charge in [0.25, 0.3) is 0 Å². The van der Waals surface area contributed by atoms with Crippen molar-refractivity contribution < 1.29 is 9.18 Å². The quantitative estimate of drug-likeness (QED) is 0.919. The van der Waals surface area contributed by atoms with E-state index in [1.165, 1.54) is 12.1 Å². The van der Waals surface area contributed by atoms with E-state index >= 15 is 0 Å². The van der Waals surface area contributed by atoms with Gasteiger partial charge in [0.15, 0.2) is 0 Å². The van der Waals surface area contributed by atoms with Crippen molar-refractivity contribution in [1.82, 2.24) is 5.32 Å². The highest BCUT2D eigenvalue weighted by Gasteiger charge is 2.21. The molecule has 104 valence electrons. The van der Waals surface area contributed by atoms with Crippen molar-refractivity contribution in [3.05, 3.63) is 30.1 Å². The second-order valence-corrected chi connectivity index (χ2v) is 5.69. The lowest BCUT2D eigenvalue weighted by atomic mass is 10.2. The van der Waals surface area contributed by atoms with Crippen molar-refractivity contribution in [3.63, 3.8) is 0 Å². The SMILES string of the molecule is CCN(C(=O)CC1CSCCN1)c1ccc(F)cc1. The van der Waals surface area contributed by atoms with Gasteiger partial charge < -0.3 is 10.2 Å². The lowest BCUT2D eigenvalue weighted by molar-refractivity contribution is -0.118. The molecule has 1 fully saturated rings. The zero-order valence-corrected chi connectivity index (χ0v) is 11.9. The second-order valence-electron chi connectivity index (χ2n) is 4.54. The standard InChI is InChI=1S/C14H19FN2OS/c1-2-17(13-5-3-11(15)4-6-13)14(18)9-12-10-19-8-7-16-12/h3-6,12,16H,2,7-10H2,1H3. The molecule has 1 aromatic carbocycles. The van der Waals surface area contributed by atoms with E-state index in [1.807, 2.05) is 18.7 Å². The van der Waals surface area contributed by atoms with Gasteiger partial charge in [-0.3, -0.25) is 4.79 Å². The van der Waals surface area contributed by atoms with Gasteiger partial charge in [-0.1, -0.05) is 0 Å². The van der Waals surface area contributed by atoms with Crippen LogP contribution in [-0.2, 0) is 4.79 Å². The van der Waals surface area contributed by atoms with E-state index in [0.717, 1.165) is 23.7 Å². The van der Waals surface area contributed by atoms with Crippen LogP contribution in [0.15, 0.2) is 24.3 Å². The maximum absolute atomic E-state index is 12.9. The topological polar surface area (TPSA) is 32.3 Å². The van der Waals surface area contributed by atoms with Crippen LogP contribution in [0, 0.1) is 5.82 Å². The van der Waals surface area contributed by atoms with E-state index in [2.05, 4.69) is 5.32 Å². The number of hydrogen-bond donors (Lipinski definition) is 1. The number of nitrogens with one attached hydrogen (secondary N) is 1. The van der Waals surface area contributed by atoms with Crippen molar-refractivity contribution in [2.45, 2.75) is 19.4 Å². The number of anilines is 1. The second kappa shape index (κ2) is 6.91. The molecule has 1 aromatic rings. The zero-order chi connectivity index (χ0) is 13.7. The molecular formula is C14H19FN2OS. The third-order valence-corrected chi connectivity index (χ3v) is 4.31. The lowest BCUT2D eigenvalue weighted by Crippen LogP contribution is -2.42. The molecule has 1 atom stereocenters. The highest BCUT2D eigenvalue weighted by Crippen LogP contribution is 2.18. The molecule has 1 N–H and O–H groups in total. The number of carbonyl (C=O) groups excluding carboxylic acids is 1. The summed E-state index contributed by atoms with van der Waals surface area (Å²) in [4.78, 5) is 14.0. The predicted octanol–water partition coefficient (Wildman–Crippen LogP) is 2.27. The highest BCUT2D eigenvalue weighted by atomic mass is 32.2. The fourth-order valence-corrected chi connectivity index (χ4v) is 3.14. The first kappa shape index (κ1) is 14.3. The van der Waals surface area contributed by atoms with Gasteiger partial charge in [0.2, 0.25) is 5.91 Å². The molecule has 1 saturated heterocycles. The number of carbonyl (C=O) groups is 1. The normalized spacial score (nSPS) is 19.2. The molecule has 2 rings (SSSR count). The minimum atomic E-state index is -0.280. The predicted molar refractivity (Wildman–Crippen MR) is 78.2 cm³/mol. The van der Waals surface area contributed by atoms with Crippen LogP contribution in [0.3, 0.4) is 0 Å². The molecule has 5 heteroatoms. The van der Waals surface area contributed by atoms with E-state index in [0.29, 0.717) is 13.0 Å². The average Bonchev–Trinajstić information content (AvgIpc) is 2.43. The van der Waals surface area contributed by atoms with Gasteiger partial charge in [-0.2, -0.15) is 11.8 Å². The molecule has 0 saturated carbocycles. The number of nitrogens with zero attached hydrogens (tertiary/aromatic N) is 1. The fraction of sp³-hybridized carbons (Fsp3) is 0.500. The summed E-state index contributed by atoms with van der Waals surface area (Å²) in [6.45, 7) is 3.50. The summed E-state index contributed by atoms with van der Waals surface area (Å²) in [5, 5.41) is 3.36. The Kier molecular flexibility index (Phi) is 5.22. The van der Waals surface area contributed by atoms with Crippen LogP contribution >= 0.6 is 11.8 Å². The molecule has 1 amide bonds. The van der Waals surface area contributed by atoms with Gasteiger partial charge in [0.1, 0.15) is 5.82 Å². The molecule has 1 unspecified atom stereocenters. The molecule has 1 aliphatic heterocycles. The molecule has 0 spiro atoms. The van der Waals surface area contributed by atoms with Crippen molar-refractivity contribution in [1.29, 1.82) is 0 Å². The number of thioether (sulfide) groups is 1. The molecule has 3 nitrogen and oxygen atoms in total. The zero-order valence-electron chi connectivity index (χ0n) is 11.1. The van der Waals surface area contributed by atoms with Gasteiger partial charge in [0.05, 0.1) is 0 Å². The van der Waals surface area contributed by atoms with E-state index in [9.17, 15) is 9.18 Å². The van der Waals surface area contributed by atoms with E-state index < -0.39 is 0 Å². The van der Waals surface area contributed by atoms with Crippen LogP contribution in [0.1, 0.15) is 13.3 Å². The van der Waals surface area contributed by atoms with Crippen molar-refractivity contribution in [2.24, 2.45) is 0 Å². The van der Waals surface area contributed by atoms with Crippen molar-refractivity contribution in [2.75, 3.05) is 29.5 Å². The number of hydrogen-bond acceptors (Lipinski definition) is 3. The van der Waals surface area contributed by atoms with Crippen molar-refractivity contribution in [3.8, 4) is 0 Å². The molecule has 0 aliphatic carbocycles. The Labute approximate surface area is 117 Å². The first-order valence-corrected chi connectivity index (χ1v) is 7.73. The number of rotatable bonds is 4. The Morgan fingerprint density at radius 1 is 1.47 bits per heavy atom. The van der Waals surface area contributed by atoms with Gasteiger partial charge in [-0.15, -0.1) is 0 Å². The Morgan fingerprint density at radius 3 is 2.79 bits per heavy atom.